The van der Waals surface area contributed by atoms with Gasteiger partial charge in [-0.05, 0) is 42.0 Å². The van der Waals surface area contributed by atoms with Gasteiger partial charge in [-0.15, -0.1) is 0 Å². The summed E-state index contributed by atoms with van der Waals surface area (Å²) >= 11 is 0. The molecule has 0 saturated heterocycles. The van der Waals surface area contributed by atoms with Crippen molar-refractivity contribution in [1.29, 1.82) is 0 Å². The zero-order valence-corrected chi connectivity index (χ0v) is 16.9. The minimum atomic E-state index is -0.281. The summed E-state index contributed by atoms with van der Waals surface area (Å²) in [6, 6.07) is 13.4. The van der Waals surface area contributed by atoms with Gasteiger partial charge in [0.1, 0.15) is 17.8 Å². The topological polar surface area (TPSA) is 90.8 Å². The van der Waals surface area contributed by atoms with Crippen LogP contribution >= 0.6 is 0 Å². The maximum atomic E-state index is 12.5. The first-order valence-electron chi connectivity index (χ1n) is 9.34. The number of oxazole rings is 1. The molecule has 0 unspecified atom stereocenters. The third kappa shape index (κ3) is 4.27. The minimum absolute atomic E-state index is 0.105. The van der Waals surface area contributed by atoms with Crippen molar-refractivity contribution in [2.24, 2.45) is 0 Å². The fourth-order valence-corrected chi connectivity index (χ4v) is 3.03. The number of nitrogens with zero attached hydrogens (tertiary/aromatic N) is 3. The van der Waals surface area contributed by atoms with E-state index in [-0.39, 0.29) is 18.2 Å². The molecule has 0 spiro atoms. The molecule has 4 aromatic rings. The lowest BCUT2D eigenvalue weighted by molar-refractivity contribution is 0.0766. The van der Waals surface area contributed by atoms with E-state index in [1.807, 2.05) is 43.3 Å². The number of fused-ring (bicyclic) bond motifs is 1. The lowest BCUT2D eigenvalue weighted by Gasteiger charge is -2.12. The van der Waals surface area contributed by atoms with Crippen molar-refractivity contribution in [2.45, 2.75) is 20.1 Å². The molecule has 2 aromatic carbocycles. The molecule has 0 aliphatic heterocycles. The van der Waals surface area contributed by atoms with Gasteiger partial charge in [-0.1, -0.05) is 17.3 Å². The highest BCUT2D eigenvalue weighted by atomic mass is 16.5. The standard InChI is InChI=1S/C22H21N3O5/c1-14-8-19(30-24-14)11-25(2)22(26)20-12-29-21(23-20)13-28-18-7-5-15-4-6-17(27-3)9-16(15)10-18/h4-10,12H,11,13H2,1-3H3. The second-order valence-corrected chi connectivity index (χ2v) is 6.89. The Bertz CT molecular complexity index is 1180. The van der Waals surface area contributed by atoms with Gasteiger partial charge in [-0.3, -0.25) is 4.79 Å². The molecule has 0 saturated carbocycles. The van der Waals surface area contributed by atoms with Crippen molar-refractivity contribution < 1.29 is 23.2 Å². The second-order valence-electron chi connectivity index (χ2n) is 6.89. The highest BCUT2D eigenvalue weighted by Crippen LogP contribution is 2.25. The Hall–Kier alpha value is -3.81. The number of ether oxygens (including phenoxy) is 2. The molecule has 0 atom stereocenters. The maximum absolute atomic E-state index is 12.5. The Morgan fingerprint density at radius 1 is 1.10 bits per heavy atom. The van der Waals surface area contributed by atoms with Gasteiger partial charge in [0.05, 0.1) is 19.3 Å². The molecule has 0 radical (unpaired) electrons. The van der Waals surface area contributed by atoms with E-state index in [1.165, 1.54) is 11.2 Å². The van der Waals surface area contributed by atoms with Gasteiger partial charge in [-0.2, -0.15) is 0 Å². The number of methoxy groups -OCH3 is 1. The second kappa shape index (κ2) is 8.28. The predicted octanol–water partition coefficient (Wildman–Crippen LogP) is 3.98. The average molecular weight is 407 g/mol. The fourth-order valence-electron chi connectivity index (χ4n) is 3.03. The van der Waals surface area contributed by atoms with Crippen LogP contribution in [-0.2, 0) is 13.2 Å². The quantitative estimate of drug-likeness (QED) is 0.457. The number of carbonyl (C=O) groups is 1. The Morgan fingerprint density at radius 3 is 2.60 bits per heavy atom. The van der Waals surface area contributed by atoms with Gasteiger partial charge >= 0.3 is 0 Å². The highest BCUT2D eigenvalue weighted by Gasteiger charge is 2.18. The number of amides is 1. The number of carbonyl (C=O) groups excluding carboxylic acids is 1. The third-order valence-electron chi connectivity index (χ3n) is 4.57. The first-order valence-corrected chi connectivity index (χ1v) is 9.34. The van der Waals surface area contributed by atoms with Crippen LogP contribution in [0.15, 0.2) is 57.7 Å². The van der Waals surface area contributed by atoms with Crippen LogP contribution in [0.3, 0.4) is 0 Å². The summed E-state index contributed by atoms with van der Waals surface area (Å²) in [4.78, 5) is 18.3. The zero-order chi connectivity index (χ0) is 21.1. The van der Waals surface area contributed by atoms with Gasteiger partial charge in [0.2, 0.25) is 5.89 Å². The Labute approximate surface area is 173 Å². The molecule has 30 heavy (non-hydrogen) atoms. The van der Waals surface area contributed by atoms with Gasteiger partial charge in [0, 0.05) is 13.1 Å². The van der Waals surface area contributed by atoms with Crippen molar-refractivity contribution in [2.75, 3.05) is 14.2 Å². The summed E-state index contributed by atoms with van der Waals surface area (Å²) in [5.74, 6) is 2.08. The van der Waals surface area contributed by atoms with Gasteiger partial charge in [-0.25, -0.2) is 4.98 Å². The van der Waals surface area contributed by atoms with E-state index in [0.29, 0.717) is 23.9 Å². The van der Waals surface area contributed by atoms with E-state index >= 15 is 0 Å². The molecule has 8 heteroatoms. The molecular weight excluding hydrogens is 386 g/mol. The highest BCUT2D eigenvalue weighted by molar-refractivity contribution is 5.91. The zero-order valence-electron chi connectivity index (χ0n) is 16.9. The van der Waals surface area contributed by atoms with E-state index in [1.54, 1.807) is 20.2 Å². The van der Waals surface area contributed by atoms with Crippen LogP contribution in [0.2, 0.25) is 0 Å². The molecule has 1 amide bonds. The van der Waals surface area contributed by atoms with Crippen LogP contribution in [0, 0.1) is 6.92 Å². The normalized spacial score (nSPS) is 10.9. The van der Waals surface area contributed by atoms with Crippen LogP contribution in [0.4, 0.5) is 0 Å². The van der Waals surface area contributed by atoms with Crippen LogP contribution in [0.25, 0.3) is 10.8 Å². The molecule has 154 valence electrons. The summed E-state index contributed by atoms with van der Waals surface area (Å²) < 4.78 is 21.6. The largest absolute Gasteiger partial charge is 0.497 e. The molecule has 8 nitrogen and oxygen atoms in total. The van der Waals surface area contributed by atoms with Crippen molar-refractivity contribution in [3.63, 3.8) is 0 Å². The molecule has 0 fully saturated rings. The van der Waals surface area contributed by atoms with Crippen molar-refractivity contribution in [3.8, 4) is 11.5 Å². The van der Waals surface area contributed by atoms with Crippen LogP contribution in [0.5, 0.6) is 11.5 Å². The first-order chi connectivity index (χ1) is 14.5. The molecule has 0 aliphatic carbocycles. The van der Waals surface area contributed by atoms with Crippen LogP contribution < -0.4 is 9.47 Å². The summed E-state index contributed by atoms with van der Waals surface area (Å²) in [6.45, 7) is 2.22. The van der Waals surface area contributed by atoms with E-state index in [0.717, 1.165) is 22.2 Å². The monoisotopic (exact) mass is 407 g/mol. The molecular formula is C22H21N3O5. The van der Waals surface area contributed by atoms with Gasteiger partial charge in [0.25, 0.3) is 5.91 Å². The third-order valence-corrected chi connectivity index (χ3v) is 4.57. The first kappa shape index (κ1) is 19.5. The number of hydrogen-bond donors (Lipinski definition) is 0. The molecule has 4 rings (SSSR count). The van der Waals surface area contributed by atoms with Crippen LogP contribution in [-0.4, -0.2) is 35.1 Å². The van der Waals surface area contributed by atoms with E-state index in [2.05, 4.69) is 10.1 Å². The number of rotatable bonds is 7. The van der Waals surface area contributed by atoms with Crippen molar-refractivity contribution in [3.05, 3.63) is 71.8 Å². The van der Waals surface area contributed by atoms with E-state index < -0.39 is 0 Å². The number of benzene rings is 2. The average Bonchev–Trinajstić information content (AvgIpc) is 3.40. The Balaban J connectivity index is 1.39. The van der Waals surface area contributed by atoms with Crippen molar-refractivity contribution in [1.82, 2.24) is 15.0 Å². The molecule has 2 heterocycles. The summed E-state index contributed by atoms with van der Waals surface area (Å²) in [5, 5.41) is 5.90. The van der Waals surface area contributed by atoms with Gasteiger partial charge in [0.15, 0.2) is 18.1 Å². The molecule has 0 bridgehead atoms. The molecule has 0 aliphatic rings. The minimum Gasteiger partial charge on any atom is -0.497 e. The summed E-state index contributed by atoms with van der Waals surface area (Å²) in [5.41, 5.74) is 0.967. The van der Waals surface area contributed by atoms with Crippen molar-refractivity contribution >= 4 is 16.7 Å². The number of aromatic nitrogens is 2. The SMILES string of the molecule is COc1ccc2ccc(OCc3nc(C(=O)N(C)Cc4cc(C)no4)co3)cc2c1. The Morgan fingerprint density at radius 2 is 1.87 bits per heavy atom. The van der Waals surface area contributed by atoms with E-state index in [9.17, 15) is 4.79 Å². The number of hydrogen-bond acceptors (Lipinski definition) is 7. The molecule has 2 aromatic heterocycles. The smallest absolute Gasteiger partial charge is 0.275 e. The lowest BCUT2D eigenvalue weighted by atomic mass is 10.1. The maximum Gasteiger partial charge on any atom is 0.275 e. The fraction of sp³-hybridized carbons (Fsp3) is 0.227. The predicted molar refractivity (Wildman–Crippen MR) is 108 cm³/mol. The summed E-state index contributed by atoms with van der Waals surface area (Å²) in [6.07, 6.45) is 1.33. The molecule has 0 N–H and O–H groups in total. The Kier molecular flexibility index (Phi) is 5.38. The number of aryl methyl sites for hydroxylation is 1. The van der Waals surface area contributed by atoms with Crippen LogP contribution in [0.1, 0.15) is 27.8 Å². The summed E-state index contributed by atoms with van der Waals surface area (Å²) in [7, 11) is 3.29. The van der Waals surface area contributed by atoms with Gasteiger partial charge < -0.3 is 23.3 Å². The lowest BCUT2D eigenvalue weighted by Crippen LogP contribution is -2.26. The van der Waals surface area contributed by atoms with E-state index in [4.69, 9.17) is 18.4 Å².